The summed E-state index contributed by atoms with van der Waals surface area (Å²) in [6, 6.07) is 15.9. The summed E-state index contributed by atoms with van der Waals surface area (Å²) in [5.74, 6) is 2.87. The van der Waals surface area contributed by atoms with E-state index in [0.717, 1.165) is 32.6 Å². The minimum absolute atomic E-state index is 0.245. The molecule has 0 unspecified atom stereocenters. The number of para-hydroxylation sites is 1. The Kier molecular flexibility index (Phi) is 3.33. The number of ether oxygens (including phenoxy) is 3. The molecule has 3 aromatic heterocycles. The van der Waals surface area contributed by atoms with Crippen LogP contribution in [0.25, 0.3) is 26.4 Å². The second-order valence-electron chi connectivity index (χ2n) is 6.44. The molecule has 1 aliphatic rings. The highest BCUT2D eigenvalue weighted by Crippen LogP contribution is 2.35. The summed E-state index contributed by atoms with van der Waals surface area (Å²) >= 11 is 1.59. The Balaban J connectivity index is 1.28. The molecule has 5 aromatic rings. The van der Waals surface area contributed by atoms with Gasteiger partial charge < -0.3 is 19.2 Å². The Hall–Kier alpha value is -3.52. The monoisotopic (exact) mass is 390 g/mol. The van der Waals surface area contributed by atoms with Gasteiger partial charge in [0.2, 0.25) is 11.8 Å². The van der Waals surface area contributed by atoms with Crippen molar-refractivity contribution in [2.45, 2.75) is 6.61 Å². The summed E-state index contributed by atoms with van der Waals surface area (Å²) in [4.78, 5) is 5.39. The Morgan fingerprint density at radius 2 is 2.00 bits per heavy atom. The van der Waals surface area contributed by atoms with Crippen LogP contribution in [0.3, 0.4) is 0 Å². The van der Waals surface area contributed by atoms with Crippen molar-refractivity contribution in [2.24, 2.45) is 0 Å². The average molecular weight is 390 g/mol. The summed E-state index contributed by atoms with van der Waals surface area (Å²) in [6.45, 7) is 0.554. The summed E-state index contributed by atoms with van der Waals surface area (Å²) in [5, 5.41) is 9.72. The van der Waals surface area contributed by atoms with Crippen LogP contribution in [0.5, 0.6) is 17.2 Å². The molecule has 7 nitrogen and oxygen atoms in total. The predicted octanol–water partition coefficient (Wildman–Crippen LogP) is 4.25. The molecule has 0 radical (unpaired) electrons. The summed E-state index contributed by atoms with van der Waals surface area (Å²) in [7, 11) is 0. The van der Waals surface area contributed by atoms with Gasteiger partial charge in [-0.25, -0.2) is 0 Å². The molecule has 1 aliphatic heterocycles. The van der Waals surface area contributed by atoms with Gasteiger partial charge in [-0.1, -0.05) is 29.5 Å². The highest BCUT2D eigenvalue weighted by molar-refractivity contribution is 7.20. The van der Waals surface area contributed by atoms with E-state index < -0.39 is 0 Å². The van der Waals surface area contributed by atoms with E-state index >= 15 is 0 Å². The highest BCUT2D eigenvalue weighted by atomic mass is 32.1. The molecule has 0 spiro atoms. The first-order valence-electron chi connectivity index (χ1n) is 8.77. The third-order valence-corrected chi connectivity index (χ3v) is 5.70. The fourth-order valence-electron chi connectivity index (χ4n) is 3.29. The topological polar surface area (TPSA) is 73.7 Å². The van der Waals surface area contributed by atoms with E-state index in [2.05, 4.69) is 33.4 Å². The summed E-state index contributed by atoms with van der Waals surface area (Å²) < 4.78 is 18.6. The highest BCUT2D eigenvalue weighted by Gasteiger charge is 2.16. The molecule has 8 heteroatoms. The number of H-pyrrole nitrogens is 1. The van der Waals surface area contributed by atoms with Crippen molar-refractivity contribution >= 4 is 27.2 Å². The summed E-state index contributed by atoms with van der Waals surface area (Å²) in [5.41, 5.74) is 2.19. The number of thiazole rings is 1. The fraction of sp³-hybridized carbons (Fsp3) is 0.100. The Morgan fingerprint density at radius 3 is 2.96 bits per heavy atom. The van der Waals surface area contributed by atoms with Crippen molar-refractivity contribution in [2.75, 3.05) is 6.79 Å². The van der Waals surface area contributed by atoms with Gasteiger partial charge in [0, 0.05) is 23.2 Å². The van der Waals surface area contributed by atoms with Crippen molar-refractivity contribution in [3.05, 3.63) is 60.6 Å². The molecular weight excluding hydrogens is 376 g/mol. The lowest BCUT2D eigenvalue weighted by Crippen LogP contribution is -2.00. The van der Waals surface area contributed by atoms with Crippen molar-refractivity contribution in [3.8, 4) is 27.8 Å². The molecule has 2 aromatic carbocycles. The SMILES string of the molecule is c1ccc2[nH]c(-c3cn4c(COc5ccc6c(c5)OCO6)nnc4s3)cc2c1. The van der Waals surface area contributed by atoms with Crippen LogP contribution < -0.4 is 14.2 Å². The molecule has 0 bridgehead atoms. The van der Waals surface area contributed by atoms with Crippen LogP contribution in [0.2, 0.25) is 0 Å². The smallest absolute Gasteiger partial charge is 0.231 e. The third-order valence-electron chi connectivity index (χ3n) is 4.69. The second kappa shape index (κ2) is 6.00. The zero-order chi connectivity index (χ0) is 18.5. The molecular formula is C20H14N4O3S. The molecule has 28 heavy (non-hydrogen) atoms. The molecule has 0 aliphatic carbocycles. The van der Waals surface area contributed by atoms with E-state index in [-0.39, 0.29) is 6.79 Å². The Labute approximate surface area is 163 Å². The maximum absolute atomic E-state index is 5.88. The van der Waals surface area contributed by atoms with Crippen molar-refractivity contribution < 1.29 is 14.2 Å². The second-order valence-corrected chi connectivity index (χ2v) is 7.45. The number of nitrogens with zero attached hydrogens (tertiary/aromatic N) is 3. The first kappa shape index (κ1) is 15.5. The van der Waals surface area contributed by atoms with Crippen molar-refractivity contribution in [1.29, 1.82) is 0 Å². The molecule has 0 atom stereocenters. The van der Waals surface area contributed by atoms with Gasteiger partial charge in [0.1, 0.15) is 12.4 Å². The molecule has 0 amide bonds. The molecule has 0 saturated carbocycles. The largest absolute Gasteiger partial charge is 0.485 e. The number of hydrogen-bond acceptors (Lipinski definition) is 6. The van der Waals surface area contributed by atoms with Gasteiger partial charge in [0.05, 0.1) is 10.6 Å². The molecule has 6 rings (SSSR count). The first-order valence-corrected chi connectivity index (χ1v) is 9.59. The van der Waals surface area contributed by atoms with Crippen LogP contribution >= 0.6 is 11.3 Å². The normalized spacial score (nSPS) is 12.9. The minimum Gasteiger partial charge on any atom is -0.485 e. The van der Waals surface area contributed by atoms with Gasteiger partial charge in [-0.2, -0.15) is 0 Å². The van der Waals surface area contributed by atoms with E-state index in [9.17, 15) is 0 Å². The third kappa shape index (κ3) is 2.49. The number of hydrogen-bond donors (Lipinski definition) is 1. The number of benzene rings is 2. The van der Waals surface area contributed by atoms with Crippen LogP contribution in [0, 0.1) is 0 Å². The van der Waals surface area contributed by atoms with Gasteiger partial charge in [0.25, 0.3) is 0 Å². The standard InChI is InChI=1S/C20H14N4O3S/c1-2-4-14-12(3-1)7-15(21-14)18-9-24-19(22-23-20(24)28-18)10-25-13-5-6-16-17(8-13)27-11-26-16/h1-9,21H,10-11H2. The zero-order valence-electron chi connectivity index (χ0n) is 14.6. The number of fused-ring (bicyclic) bond motifs is 3. The summed E-state index contributed by atoms with van der Waals surface area (Å²) in [6.07, 6.45) is 2.04. The molecule has 0 fully saturated rings. The van der Waals surface area contributed by atoms with Crippen molar-refractivity contribution in [1.82, 2.24) is 19.6 Å². The van der Waals surface area contributed by atoms with Crippen molar-refractivity contribution in [3.63, 3.8) is 0 Å². The van der Waals surface area contributed by atoms with Crippen LogP contribution in [0.15, 0.2) is 54.7 Å². The van der Waals surface area contributed by atoms with E-state index in [0.29, 0.717) is 18.1 Å². The maximum Gasteiger partial charge on any atom is 0.231 e. The van der Waals surface area contributed by atoms with E-state index in [4.69, 9.17) is 14.2 Å². The van der Waals surface area contributed by atoms with E-state index in [1.807, 2.05) is 40.9 Å². The quantitative estimate of drug-likeness (QED) is 0.497. The lowest BCUT2D eigenvalue weighted by atomic mass is 10.2. The van der Waals surface area contributed by atoms with Crippen LogP contribution in [-0.2, 0) is 6.61 Å². The maximum atomic E-state index is 5.88. The number of aromatic amines is 1. The Bertz CT molecular complexity index is 1290. The van der Waals surface area contributed by atoms with Gasteiger partial charge in [-0.05, 0) is 24.3 Å². The van der Waals surface area contributed by atoms with Gasteiger partial charge in [-0.15, -0.1) is 10.2 Å². The lowest BCUT2D eigenvalue weighted by Gasteiger charge is -2.05. The molecule has 1 N–H and O–H groups in total. The van der Waals surface area contributed by atoms with E-state index in [1.165, 1.54) is 5.39 Å². The van der Waals surface area contributed by atoms with Crippen LogP contribution in [0.4, 0.5) is 0 Å². The minimum atomic E-state index is 0.245. The fourth-order valence-corrected chi connectivity index (χ4v) is 4.20. The first-order chi connectivity index (χ1) is 13.8. The van der Waals surface area contributed by atoms with Gasteiger partial charge in [-0.3, -0.25) is 4.40 Å². The predicted molar refractivity (Wildman–Crippen MR) is 105 cm³/mol. The van der Waals surface area contributed by atoms with Gasteiger partial charge >= 0.3 is 0 Å². The van der Waals surface area contributed by atoms with E-state index in [1.54, 1.807) is 11.3 Å². The number of aromatic nitrogens is 4. The number of rotatable bonds is 4. The number of nitrogens with one attached hydrogen (secondary N) is 1. The van der Waals surface area contributed by atoms with Crippen LogP contribution in [0.1, 0.15) is 5.82 Å². The van der Waals surface area contributed by atoms with Crippen LogP contribution in [-0.4, -0.2) is 26.4 Å². The molecule has 0 saturated heterocycles. The zero-order valence-corrected chi connectivity index (χ0v) is 15.4. The lowest BCUT2D eigenvalue weighted by molar-refractivity contribution is 0.173. The molecule has 4 heterocycles. The Morgan fingerprint density at radius 1 is 1.07 bits per heavy atom. The average Bonchev–Trinajstić information content (AvgIpc) is 3.48. The molecule has 138 valence electrons. The van der Waals surface area contributed by atoms with Gasteiger partial charge in [0.15, 0.2) is 17.3 Å².